The minimum atomic E-state index is -0.370. The van der Waals surface area contributed by atoms with Gasteiger partial charge in [0.25, 0.3) is 0 Å². The molecule has 1 aliphatic rings. The normalized spacial score (nSPS) is 14.6. The molecule has 17 heavy (non-hydrogen) atoms. The number of nitrogens with zero attached hydrogens (tertiary/aromatic N) is 2. The SMILES string of the molecule is CC(C)(C)NOC(=O)N1CCc2cnccc21. The summed E-state index contributed by atoms with van der Waals surface area (Å²) >= 11 is 0. The fraction of sp³-hybridized carbons (Fsp3) is 0.500. The standard InChI is InChI=1S/C12H17N3O2/c1-12(2,3)14-17-11(16)15-7-5-9-8-13-6-4-10(9)15/h4,6,8,14H,5,7H2,1-3H3. The second-order valence-electron chi connectivity index (χ2n) is 5.13. The second-order valence-corrected chi connectivity index (χ2v) is 5.13. The number of aromatic nitrogens is 1. The Morgan fingerprint density at radius 2 is 2.29 bits per heavy atom. The summed E-state index contributed by atoms with van der Waals surface area (Å²) in [4.78, 5) is 22.6. The molecule has 0 fully saturated rings. The Morgan fingerprint density at radius 3 is 3.00 bits per heavy atom. The summed E-state index contributed by atoms with van der Waals surface area (Å²) in [7, 11) is 0. The van der Waals surface area contributed by atoms with Crippen molar-refractivity contribution in [3.05, 3.63) is 24.0 Å². The summed E-state index contributed by atoms with van der Waals surface area (Å²) in [5.74, 6) is 0. The Balaban J connectivity index is 2.03. The van der Waals surface area contributed by atoms with Gasteiger partial charge in [0.05, 0.1) is 5.69 Å². The number of hydrogen-bond acceptors (Lipinski definition) is 4. The van der Waals surface area contributed by atoms with E-state index >= 15 is 0 Å². The van der Waals surface area contributed by atoms with Gasteiger partial charge in [-0.25, -0.2) is 4.79 Å². The summed E-state index contributed by atoms with van der Waals surface area (Å²) in [6.45, 7) is 6.44. The zero-order valence-electron chi connectivity index (χ0n) is 10.4. The fourth-order valence-electron chi connectivity index (χ4n) is 1.67. The molecule has 1 amide bonds. The first-order valence-electron chi connectivity index (χ1n) is 5.66. The van der Waals surface area contributed by atoms with E-state index in [9.17, 15) is 4.79 Å². The average molecular weight is 235 g/mol. The second kappa shape index (κ2) is 4.33. The van der Waals surface area contributed by atoms with Crippen LogP contribution in [0.1, 0.15) is 26.3 Å². The first kappa shape index (κ1) is 11.9. The predicted molar refractivity (Wildman–Crippen MR) is 64.7 cm³/mol. The Morgan fingerprint density at radius 1 is 1.53 bits per heavy atom. The van der Waals surface area contributed by atoms with Gasteiger partial charge >= 0.3 is 6.09 Å². The van der Waals surface area contributed by atoms with Gasteiger partial charge in [-0.3, -0.25) is 9.88 Å². The van der Waals surface area contributed by atoms with Gasteiger partial charge in [0, 0.05) is 24.5 Å². The molecule has 92 valence electrons. The van der Waals surface area contributed by atoms with Crippen LogP contribution < -0.4 is 10.4 Å². The van der Waals surface area contributed by atoms with E-state index in [1.165, 1.54) is 0 Å². The van der Waals surface area contributed by atoms with Gasteiger partial charge < -0.3 is 4.84 Å². The third-order valence-corrected chi connectivity index (χ3v) is 2.44. The molecule has 1 aromatic rings. The lowest BCUT2D eigenvalue weighted by Gasteiger charge is -2.22. The van der Waals surface area contributed by atoms with Gasteiger partial charge in [0.15, 0.2) is 0 Å². The number of carbonyl (C=O) groups excluding carboxylic acids is 1. The molecule has 1 aromatic heterocycles. The van der Waals surface area contributed by atoms with E-state index in [1.54, 1.807) is 17.3 Å². The molecule has 0 atom stereocenters. The highest BCUT2D eigenvalue weighted by atomic mass is 16.7. The minimum absolute atomic E-state index is 0.254. The topological polar surface area (TPSA) is 54.5 Å². The van der Waals surface area contributed by atoms with E-state index < -0.39 is 0 Å². The van der Waals surface area contributed by atoms with Crippen molar-refractivity contribution in [2.45, 2.75) is 32.7 Å². The number of hydrogen-bond donors (Lipinski definition) is 1. The molecule has 1 aliphatic heterocycles. The van der Waals surface area contributed by atoms with Crippen molar-refractivity contribution in [3.8, 4) is 0 Å². The molecular formula is C12H17N3O2. The Kier molecular flexibility index (Phi) is 3.02. The van der Waals surface area contributed by atoms with Crippen LogP contribution in [-0.2, 0) is 11.3 Å². The van der Waals surface area contributed by atoms with E-state index in [2.05, 4.69) is 10.5 Å². The average Bonchev–Trinajstić information content (AvgIpc) is 2.68. The molecule has 0 aliphatic carbocycles. The Bertz CT molecular complexity index is 426. The Labute approximate surface area is 101 Å². The lowest BCUT2D eigenvalue weighted by Crippen LogP contribution is -2.42. The monoisotopic (exact) mass is 235 g/mol. The van der Waals surface area contributed by atoms with Crippen LogP contribution in [0.4, 0.5) is 10.5 Å². The summed E-state index contributed by atoms with van der Waals surface area (Å²) in [6, 6.07) is 1.83. The smallest absolute Gasteiger partial charge is 0.353 e. The van der Waals surface area contributed by atoms with Crippen molar-refractivity contribution >= 4 is 11.8 Å². The van der Waals surface area contributed by atoms with Crippen LogP contribution in [-0.4, -0.2) is 23.2 Å². The summed E-state index contributed by atoms with van der Waals surface area (Å²) in [6.07, 6.45) is 3.93. The molecular weight excluding hydrogens is 218 g/mol. The summed E-state index contributed by atoms with van der Waals surface area (Å²) < 4.78 is 0. The number of anilines is 1. The molecule has 0 bridgehead atoms. The van der Waals surface area contributed by atoms with Crippen molar-refractivity contribution in [2.24, 2.45) is 0 Å². The first-order chi connectivity index (χ1) is 7.97. The highest BCUT2D eigenvalue weighted by Crippen LogP contribution is 2.26. The molecule has 5 nitrogen and oxygen atoms in total. The van der Waals surface area contributed by atoms with E-state index in [1.807, 2.05) is 26.8 Å². The van der Waals surface area contributed by atoms with Crippen LogP contribution in [0.5, 0.6) is 0 Å². The van der Waals surface area contributed by atoms with Gasteiger partial charge in [0.2, 0.25) is 0 Å². The highest BCUT2D eigenvalue weighted by Gasteiger charge is 2.26. The van der Waals surface area contributed by atoms with E-state index in [0.717, 1.165) is 17.7 Å². The van der Waals surface area contributed by atoms with Gasteiger partial charge in [-0.1, -0.05) is 0 Å². The maximum absolute atomic E-state index is 11.9. The lowest BCUT2D eigenvalue weighted by molar-refractivity contribution is 0.0531. The van der Waals surface area contributed by atoms with Gasteiger partial charge in [-0.15, -0.1) is 5.48 Å². The van der Waals surface area contributed by atoms with Crippen LogP contribution in [0.25, 0.3) is 0 Å². The molecule has 0 saturated heterocycles. The number of hydroxylamine groups is 1. The van der Waals surface area contributed by atoms with Crippen molar-refractivity contribution in [1.82, 2.24) is 10.5 Å². The molecule has 2 heterocycles. The van der Waals surface area contributed by atoms with Crippen LogP contribution in [0.15, 0.2) is 18.5 Å². The van der Waals surface area contributed by atoms with Crippen molar-refractivity contribution in [1.29, 1.82) is 0 Å². The molecule has 2 rings (SSSR count). The molecule has 0 saturated carbocycles. The third kappa shape index (κ3) is 2.74. The van der Waals surface area contributed by atoms with Crippen LogP contribution in [0.2, 0.25) is 0 Å². The quantitative estimate of drug-likeness (QED) is 0.755. The summed E-state index contributed by atoms with van der Waals surface area (Å²) in [5, 5.41) is 0. The molecule has 0 aromatic carbocycles. The number of fused-ring (bicyclic) bond motifs is 1. The van der Waals surface area contributed by atoms with Gasteiger partial charge in [-0.2, -0.15) is 0 Å². The zero-order chi connectivity index (χ0) is 12.5. The van der Waals surface area contributed by atoms with Crippen molar-refractivity contribution in [2.75, 3.05) is 11.4 Å². The number of carbonyl (C=O) groups is 1. The van der Waals surface area contributed by atoms with Crippen molar-refractivity contribution in [3.63, 3.8) is 0 Å². The van der Waals surface area contributed by atoms with E-state index in [4.69, 9.17) is 4.84 Å². The maximum Gasteiger partial charge on any atom is 0.433 e. The van der Waals surface area contributed by atoms with Crippen LogP contribution in [0.3, 0.4) is 0 Å². The third-order valence-electron chi connectivity index (χ3n) is 2.44. The summed E-state index contributed by atoms with van der Waals surface area (Å²) in [5.41, 5.74) is 4.44. The maximum atomic E-state index is 11.9. The van der Waals surface area contributed by atoms with Gasteiger partial charge in [0.1, 0.15) is 0 Å². The molecule has 0 unspecified atom stereocenters. The van der Waals surface area contributed by atoms with E-state index in [0.29, 0.717) is 6.54 Å². The first-order valence-corrected chi connectivity index (χ1v) is 5.66. The minimum Gasteiger partial charge on any atom is -0.353 e. The largest absolute Gasteiger partial charge is 0.433 e. The fourth-order valence-corrected chi connectivity index (χ4v) is 1.67. The van der Waals surface area contributed by atoms with Gasteiger partial charge in [-0.05, 0) is 38.8 Å². The molecule has 5 heteroatoms. The Hall–Kier alpha value is -1.62. The molecule has 0 radical (unpaired) electrons. The van der Waals surface area contributed by atoms with Crippen molar-refractivity contribution < 1.29 is 9.63 Å². The lowest BCUT2D eigenvalue weighted by atomic mass is 10.1. The van der Waals surface area contributed by atoms with E-state index in [-0.39, 0.29) is 11.6 Å². The number of nitrogens with one attached hydrogen (secondary N) is 1. The van der Waals surface area contributed by atoms with Crippen LogP contribution >= 0.6 is 0 Å². The molecule has 1 N–H and O–H groups in total. The number of pyridine rings is 1. The number of amides is 1. The number of rotatable bonds is 1. The van der Waals surface area contributed by atoms with Crippen LogP contribution in [0, 0.1) is 0 Å². The predicted octanol–water partition coefficient (Wildman–Crippen LogP) is 1.88. The highest BCUT2D eigenvalue weighted by molar-refractivity contribution is 5.89. The zero-order valence-corrected chi connectivity index (χ0v) is 10.4. The molecule has 0 spiro atoms.